The Morgan fingerprint density at radius 1 is 1.18 bits per heavy atom. The molecule has 0 aliphatic rings. The lowest BCUT2D eigenvalue weighted by molar-refractivity contribution is 0.0787. The Morgan fingerprint density at radius 3 is 2.45 bits per heavy atom. The fourth-order valence-corrected chi connectivity index (χ4v) is 1.95. The second kappa shape index (κ2) is 7.56. The molecule has 0 aromatic heterocycles. The van der Waals surface area contributed by atoms with Crippen LogP contribution in [0.5, 0.6) is 0 Å². The first-order valence-corrected chi connectivity index (χ1v) is 6.91. The van der Waals surface area contributed by atoms with E-state index in [2.05, 4.69) is 0 Å². The second-order valence-corrected chi connectivity index (χ2v) is 4.99. The number of aliphatic hydroxyl groups excluding tert-OH is 1. The van der Waals surface area contributed by atoms with Crippen LogP contribution in [0.1, 0.15) is 17.2 Å². The van der Waals surface area contributed by atoms with Gasteiger partial charge >= 0.3 is 6.09 Å². The number of hydrogen-bond acceptors (Lipinski definition) is 3. The lowest BCUT2D eigenvalue weighted by Crippen LogP contribution is -2.31. The summed E-state index contributed by atoms with van der Waals surface area (Å²) >= 11 is 0. The Balaban J connectivity index is 1.84. The largest absolute Gasteiger partial charge is 0.445 e. The van der Waals surface area contributed by atoms with Gasteiger partial charge in [-0.25, -0.2) is 9.18 Å². The molecule has 1 atom stereocenters. The summed E-state index contributed by atoms with van der Waals surface area (Å²) in [7, 11) is 1.54. The molecule has 1 amide bonds. The minimum absolute atomic E-state index is 0.0687. The molecular formula is C17H18FNO3. The molecule has 0 radical (unpaired) electrons. The first-order chi connectivity index (χ1) is 10.6. The van der Waals surface area contributed by atoms with E-state index in [-0.39, 0.29) is 19.0 Å². The number of carbonyl (C=O) groups is 1. The number of benzene rings is 2. The topological polar surface area (TPSA) is 49.8 Å². The molecule has 1 unspecified atom stereocenters. The maximum Gasteiger partial charge on any atom is 0.409 e. The number of nitrogens with zero attached hydrogens (tertiary/aromatic N) is 1. The van der Waals surface area contributed by atoms with Gasteiger partial charge in [-0.3, -0.25) is 0 Å². The Labute approximate surface area is 128 Å². The quantitative estimate of drug-likeness (QED) is 0.923. The molecular weight excluding hydrogens is 285 g/mol. The van der Waals surface area contributed by atoms with E-state index in [0.717, 1.165) is 5.56 Å². The van der Waals surface area contributed by atoms with Crippen LogP contribution in [0.2, 0.25) is 0 Å². The number of amides is 1. The van der Waals surface area contributed by atoms with Gasteiger partial charge in [0.1, 0.15) is 12.4 Å². The van der Waals surface area contributed by atoms with Crippen molar-refractivity contribution >= 4 is 6.09 Å². The molecule has 2 rings (SSSR count). The van der Waals surface area contributed by atoms with Gasteiger partial charge in [-0.05, 0) is 23.3 Å². The molecule has 0 fully saturated rings. The summed E-state index contributed by atoms with van der Waals surface area (Å²) in [6.07, 6.45) is -1.42. The van der Waals surface area contributed by atoms with Crippen molar-refractivity contribution in [2.24, 2.45) is 0 Å². The fourth-order valence-electron chi connectivity index (χ4n) is 1.95. The molecule has 0 aliphatic heterocycles. The molecule has 22 heavy (non-hydrogen) atoms. The Bertz CT molecular complexity index is 601. The number of aliphatic hydroxyl groups is 1. The highest BCUT2D eigenvalue weighted by atomic mass is 19.1. The summed E-state index contributed by atoms with van der Waals surface area (Å²) in [5, 5.41) is 10.0. The number of hydrogen-bond donors (Lipinski definition) is 1. The van der Waals surface area contributed by atoms with Crippen LogP contribution in [-0.4, -0.2) is 29.7 Å². The van der Waals surface area contributed by atoms with Gasteiger partial charge in [0.25, 0.3) is 0 Å². The van der Waals surface area contributed by atoms with E-state index in [0.29, 0.717) is 5.56 Å². The highest BCUT2D eigenvalue weighted by molar-refractivity contribution is 5.67. The van der Waals surface area contributed by atoms with Crippen LogP contribution in [-0.2, 0) is 11.3 Å². The van der Waals surface area contributed by atoms with Crippen molar-refractivity contribution in [1.82, 2.24) is 4.90 Å². The monoisotopic (exact) mass is 303 g/mol. The van der Waals surface area contributed by atoms with E-state index >= 15 is 0 Å². The smallest absolute Gasteiger partial charge is 0.409 e. The fraction of sp³-hybridized carbons (Fsp3) is 0.235. The van der Waals surface area contributed by atoms with Gasteiger partial charge in [0.15, 0.2) is 0 Å². The van der Waals surface area contributed by atoms with Gasteiger partial charge in [-0.2, -0.15) is 0 Å². The van der Waals surface area contributed by atoms with Gasteiger partial charge in [0.05, 0.1) is 12.6 Å². The third kappa shape index (κ3) is 4.56. The van der Waals surface area contributed by atoms with Gasteiger partial charge in [0.2, 0.25) is 0 Å². The van der Waals surface area contributed by atoms with E-state index in [4.69, 9.17) is 4.74 Å². The van der Waals surface area contributed by atoms with Crippen LogP contribution in [0.4, 0.5) is 9.18 Å². The lowest BCUT2D eigenvalue weighted by Gasteiger charge is -2.20. The molecule has 0 aliphatic carbocycles. The van der Waals surface area contributed by atoms with E-state index in [9.17, 15) is 14.3 Å². The number of likely N-dealkylation sites (N-methyl/N-ethyl adjacent to an activating group) is 1. The van der Waals surface area contributed by atoms with Crippen LogP contribution in [0, 0.1) is 5.82 Å². The first-order valence-electron chi connectivity index (χ1n) is 6.91. The summed E-state index contributed by atoms with van der Waals surface area (Å²) in [5.74, 6) is -0.369. The van der Waals surface area contributed by atoms with Crippen molar-refractivity contribution < 1.29 is 19.0 Å². The van der Waals surface area contributed by atoms with Crippen LogP contribution in [0.25, 0.3) is 0 Å². The normalized spacial score (nSPS) is 11.8. The van der Waals surface area contributed by atoms with Gasteiger partial charge in [-0.1, -0.05) is 42.5 Å². The summed E-state index contributed by atoms with van der Waals surface area (Å²) in [5.41, 5.74) is 1.44. The second-order valence-electron chi connectivity index (χ2n) is 4.99. The van der Waals surface area contributed by atoms with Crippen LogP contribution in [0.15, 0.2) is 54.6 Å². The van der Waals surface area contributed by atoms with Crippen LogP contribution in [0.3, 0.4) is 0 Å². The van der Waals surface area contributed by atoms with E-state index in [1.54, 1.807) is 7.05 Å². The molecule has 0 bridgehead atoms. The summed E-state index contributed by atoms with van der Waals surface area (Å²) < 4.78 is 18.0. The number of halogens is 1. The van der Waals surface area contributed by atoms with Crippen molar-refractivity contribution in [1.29, 1.82) is 0 Å². The predicted octanol–water partition coefficient (Wildman–Crippen LogP) is 3.13. The first kappa shape index (κ1) is 16.0. The summed E-state index contributed by atoms with van der Waals surface area (Å²) in [6.45, 7) is 0.246. The molecule has 116 valence electrons. The molecule has 0 saturated heterocycles. The number of carbonyl (C=O) groups excluding carboxylic acids is 1. The van der Waals surface area contributed by atoms with Crippen molar-refractivity contribution in [3.8, 4) is 0 Å². The Morgan fingerprint density at radius 2 is 1.82 bits per heavy atom. The van der Waals surface area contributed by atoms with Crippen molar-refractivity contribution in [3.05, 3.63) is 71.5 Å². The zero-order valence-electron chi connectivity index (χ0n) is 12.3. The van der Waals surface area contributed by atoms with Crippen molar-refractivity contribution in [2.75, 3.05) is 13.6 Å². The highest BCUT2D eigenvalue weighted by Gasteiger charge is 2.16. The lowest BCUT2D eigenvalue weighted by atomic mass is 10.1. The van der Waals surface area contributed by atoms with Gasteiger partial charge < -0.3 is 14.7 Å². The summed E-state index contributed by atoms with van der Waals surface area (Å²) in [6, 6.07) is 14.9. The molecule has 0 saturated carbocycles. The van der Waals surface area contributed by atoms with E-state index in [1.807, 2.05) is 30.3 Å². The van der Waals surface area contributed by atoms with E-state index in [1.165, 1.54) is 29.2 Å². The minimum atomic E-state index is -0.894. The predicted molar refractivity (Wildman–Crippen MR) is 80.6 cm³/mol. The molecule has 0 spiro atoms. The third-order valence-electron chi connectivity index (χ3n) is 3.22. The minimum Gasteiger partial charge on any atom is -0.445 e. The Kier molecular flexibility index (Phi) is 5.49. The van der Waals surface area contributed by atoms with Crippen LogP contribution < -0.4 is 0 Å². The molecule has 1 N–H and O–H groups in total. The van der Waals surface area contributed by atoms with Gasteiger partial charge in [0, 0.05) is 7.05 Å². The van der Waals surface area contributed by atoms with Crippen molar-refractivity contribution in [3.63, 3.8) is 0 Å². The Hall–Kier alpha value is -2.40. The molecule has 2 aromatic carbocycles. The van der Waals surface area contributed by atoms with Crippen LogP contribution >= 0.6 is 0 Å². The maximum absolute atomic E-state index is 12.8. The average Bonchev–Trinajstić information content (AvgIpc) is 2.54. The maximum atomic E-state index is 12.8. The number of rotatable bonds is 5. The molecule has 4 nitrogen and oxygen atoms in total. The van der Waals surface area contributed by atoms with E-state index < -0.39 is 12.2 Å². The average molecular weight is 303 g/mol. The molecule has 5 heteroatoms. The zero-order chi connectivity index (χ0) is 15.9. The highest BCUT2D eigenvalue weighted by Crippen LogP contribution is 2.15. The standard InChI is InChI=1S/C17H18FNO3/c1-19(11-16(20)14-7-9-15(18)10-8-14)17(21)22-12-13-5-3-2-4-6-13/h2-10,16,20H,11-12H2,1H3. The van der Waals surface area contributed by atoms with Gasteiger partial charge in [-0.15, -0.1) is 0 Å². The zero-order valence-corrected chi connectivity index (χ0v) is 12.3. The SMILES string of the molecule is CN(CC(O)c1ccc(F)cc1)C(=O)OCc1ccccc1. The van der Waals surface area contributed by atoms with Crippen molar-refractivity contribution in [2.45, 2.75) is 12.7 Å². The molecule has 2 aromatic rings. The summed E-state index contributed by atoms with van der Waals surface area (Å²) in [4.78, 5) is 13.2. The third-order valence-corrected chi connectivity index (χ3v) is 3.22. The molecule has 0 heterocycles. The number of ether oxygens (including phenoxy) is 1.